The van der Waals surface area contributed by atoms with Gasteiger partial charge in [-0.25, -0.2) is 9.78 Å². The summed E-state index contributed by atoms with van der Waals surface area (Å²) in [4.78, 5) is 15.8. The first kappa shape index (κ1) is 16.6. The van der Waals surface area contributed by atoms with Gasteiger partial charge in [-0.3, -0.25) is 0 Å². The van der Waals surface area contributed by atoms with Crippen LogP contribution in [0, 0.1) is 0 Å². The molecule has 0 atom stereocenters. The van der Waals surface area contributed by atoms with E-state index in [1.54, 1.807) is 6.07 Å². The number of halogens is 3. The van der Waals surface area contributed by atoms with Gasteiger partial charge in [-0.1, -0.05) is 12.1 Å². The molecule has 0 aliphatic carbocycles. The normalized spacial score (nSPS) is 11.0. The van der Waals surface area contributed by atoms with Crippen LogP contribution in [-0.4, -0.2) is 31.5 Å². The fourth-order valence-corrected chi connectivity index (χ4v) is 1.88. The number of ether oxygens (including phenoxy) is 3. The molecule has 0 fully saturated rings. The molecule has 122 valence electrons. The third-order valence-corrected chi connectivity index (χ3v) is 2.86. The molecule has 5 nitrogen and oxygen atoms in total. The monoisotopic (exact) mass is 327 g/mol. The number of carbonyl (C=O) groups is 1. The van der Waals surface area contributed by atoms with Crippen molar-refractivity contribution in [2.24, 2.45) is 0 Å². The van der Waals surface area contributed by atoms with Gasteiger partial charge >= 0.3 is 12.3 Å². The number of hydrogen-bond acceptors (Lipinski definition) is 5. The molecule has 0 spiro atoms. The minimum Gasteiger partial charge on any atom is -0.481 e. The van der Waals surface area contributed by atoms with Crippen molar-refractivity contribution in [1.29, 1.82) is 0 Å². The van der Waals surface area contributed by atoms with Gasteiger partial charge in [-0.05, 0) is 23.8 Å². The highest BCUT2D eigenvalue weighted by Gasteiger charge is 2.31. The number of nitrogens with zero attached hydrogens (tertiary/aromatic N) is 1. The molecule has 8 heteroatoms. The number of esters is 1. The lowest BCUT2D eigenvalue weighted by molar-refractivity contribution is -0.274. The molecule has 2 aromatic rings. The largest absolute Gasteiger partial charge is 0.573 e. The van der Waals surface area contributed by atoms with Crippen molar-refractivity contribution in [2.45, 2.75) is 6.36 Å². The molecule has 1 aromatic heterocycles. The Balaban J connectivity index is 2.39. The molecular formula is C15H12F3NO4. The zero-order valence-corrected chi connectivity index (χ0v) is 12.2. The lowest BCUT2D eigenvalue weighted by Gasteiger charge is -2.11. The van der Waals surface area contributed by atoms with Gasteiger partial charge in [0.15, 0.2) is 5.69 Å². The minimum atomic E-state index is -4.76. The molecule has 23 heavy (non-hydrogen) atoms. The summed E-state index contributed by atoms with van der Waals surface area (Å²) in [7, 11) is 2.60. The first-order chi connectivity index (χ1) is 10.8. The predicted molar refractivity (Wildman–Crippen MR) is 74.2 cm³/mol. The Morgan fingerprint density at radius 3 is 2.22 bits per heavy atom. The summed E-state index contributed by atoms with van der Waals surface area (Å²) in [5.74, 6) is -0.831. The standard InChI is InChI=1S/C15H12F3NO4/c1-21-12-8-7-11(13(19-12)14(20)22-2)9-3-5-10(6-4-9)23-15(16,17)18/h3-8H,1-2H3. The Labute approximate surface area is 129 Å². The second kappa shape index (κ2) is 6.55. The van der Waals surface area contributed by atoms with Gasteiger partial charge in [0.25, 0.3) is 0 Å². The third-order valence-electron chi connectivity index (χ3n) is 2.86. The van der Waals surface area contributed by atoms with Crippen LogP contribution < -0.4 is 9.47 Å². The number of alkyl halides is 3. The molecule has 1 heterocycles. The van der Waals surface area contributed by atoms with Crippen LogP contribution in [0.3, 0.4) is 0 Å². The summed E-state index contributed by atoms with van der Waals surface area (Å²) in [5, 5.41) is 0. The summed E-state index contributed by atoms with van der Waals surface area (Å²) in [6.07, 6.45) is -4.76. The number of aromatic nitrogens is 1. The van der Waals surface area contributed by atoms with Crippen molar-refractivity contribution in [1.82, 2.24) is 4.98 Å². The highest BCUT2D eigenvalue weighted by Crippen LogP contribution is 2.29. The second-order valence-electron chi connectivity index (χ2n) is 4.31. The number of rotatable bonds is 4. The van der Waals surface area contributed by atoms with Crippen LogP contribution in [-0.2, 0) is 4.74 Å². The number of methoxy groups -OCH3 is 2. The Bertz CT molecular complexity index is 699. The molecule has 0 unspecified atom stereocenters. The molecule has 0 aliphatic heterocycles. The lowest BCUT2D eigenvalue weighted by atomic mass is 10.0. The van der Waals surface area contributed by atoms with Crippen LogP contribution in [0.4, 0.5) is 13.2 Å². The Morgan fingerprint density at radius 1 is 1.04 bits per heavy atom. The Morgan fingerprint density at radius 2 is 1.70 bits per heavy atom. The van der Waals surface area contributed by atoms with E-state index in [9.17, 15) is 18.0 Å². The lowest BCUT2D eigenvalue weighted by Crippen LogP contribution is -2.17. The smallest absolute Gasteiger partial charge is 0.481 e. The maximum absolute atomic E-state index is 12.2. The number of pyridine rings is 1. The topological polar surface area (TPSA) is 57.7 Å². The summed E-state index contributed by atoms with van der Waals surface area (Å²) in [6, 6.07) is 8.16. The maximum Gasteiger partial charge on any atom is 0.573 e. The number of hydrogen-bond donors (Lipinski definition) is 0. The Kier molecular flexibility index (Phi) is 4.73. The summed E-state index contributed by atoms with van der Waals surface area (Å²) in [5.41, 5.74) is 0.877. The van der Waals surface area contributed by atoms with Crippen LogP contribution in [0.15, 0.2) is 36.4 Å². The van der Waals surface area contributed by atoms with Crippen LogP contribution in [0.25, 0.3) is 11.1 Å². The highest BCUT2D eigenvalue weighted by molar-refractivity contribution is 5.95. The van der Waals surface area contributed by atoms with Gasteiger partial charge in [-0.15, -0.1) is 13.2 Å². The molecule has 0 saturated carbocycles. The summed E-state index contributed by atoms with van der Waals surface area (Å²) in [6.45, 7) is 0. The van der Waals surface area contributed by atoms with Crippen molar-refractivity contribution in [2.75, 3.05) is 14.2 Å². The van der Waals surface area contributed by atoms with E-state index in [-0.39, 0.29) is 17.3 Å². The summed E-state index contributed by atoms with van der Waals surface area (Å²) >= 11 is 0. The molecule has 0 amide bonds. The molecular weight excluding hydrogens is 315 g/mol. The van der Waals surface area contributed by atoms with Crippen molar-refractivity contribution < 1.29 is 32.2 Å². The van der Waals surface area contributed by atoms with Crippen molar-refractivity contribution >= 4 is 5.97 Å². The number of carbonyl (C=O) groups excluding carboxylic acids is 1. The summed E-state index contributed by atoms with van der Waals surface area (Å²) < 4.78 is 49.9. The van der Waals surface area contributed by atoms with Gasteiger partial charge in [0.05, 0.1) is 14.2 Å². The van der Waals surface area contributed by atoms with Gasteiger partial charge < -0.3 is 14.2 Å². The third kappa shape index (κ3) is 4.12. The van der Waals surface area contributed by atoms with Crippen molar-refractivity contribution in [3.05, 3.63) is 42.1 Å². The van der Waals surface area contributed by atoms with E-state index in [0.717, 1.165) is 12.1 Å². The van der Waals surface area contributed by atoms with Crippen LogP contribution in [0.2, 0.25) is 0 Å². The second-order valence-corrected chi connectivity index (χ2v) is 4.31. The molecule has 0 radical (unpaired) electrons. The zero-order chi connectivity index (χ0) is 17.0. The van der Waals surface area contributed by atoms with Crippen LogP contribution in [0.1, 0.15) is 10.5 Å². The average molecular weight is 327 g/mol. The maximum atomic E-state index is 12.2. The molecule has 1 aromatic carbocycles. The SMILES string of the molecule is COC(=O)c1nc(OC)ccc1-c1ccc(OC(F)(F)F)cc1. The first-order valence-electron chi connectivity index (χ1n) is 6.33. The van der Waals surface area contributed by atoms with E-state index in [4.69, 9.17) is 4.74 Å². The zero-order valence-electron chi connectivity index (χ0n) is 12.2. The van der Waals surface area contributed by atoms with Gasteiger partial charge in [-0.2, -0.15) is 0 Å². The van der Waals surface area contributed by atoms with Crippen LogP contribution >= 0.6 is 0 Å². The molecule has 0 aliphatic rings. The quantitative estimate of drug-likeness (QED) is 0.805. The predicted octanol–water partition coefficient (Wildman–Crippen LogP) is 3.44. The van der Waals surface area contributed by atoms with E-state index < -0.39 is 12.3 Å². The minimum absolute atomic E-state index is 0.00339. The first-order valence-corrected chi connectivity index (χ1v) is 6.33. The van der Waals surface area contributed by atoms with Crippen molar-refractivity contribution in [3.8, 4) is 22.8 Å². The van der Waals surface area contributed by atoms with Gasteiger partial charge in [0.1, 0.15) is 5.75 Å². The van der Waals surface area contributed by atoms with Gasteiger partial charge in [0, 0.05) is 11.6 Å². The molecule has 2 rings (SSSR count). The molecule has 0 saturated heterocycles. The number of benzene rings is 1. The molecule has 0 bridgehead atoms. The Hall–Kier alpha value is -2.77. The fraction of sp³-hybridized carbons (Fsp3) is 0.200. The van der Waals surface area contributed by atoms with E-state index in [0.29, 0.717) is 11.1 Å². The van der Waals surface area contributed by atoms with Crippen molar-refractivity contribution in [3.63, 3.8) is 0 Å². The fourth-order valence-electron chi connectivity index (χ4n) is 1.88. The van der Waals surface area contributed by atoms with Gasteiger partial charge in [0.2, 0.25) is 5.88 Å². The van der Waals surface area contributed by atoms with E-state index in [1.807, 2.05) is 0 Å². The van der Waals surface area contributed by atoms with Crippen LogP contribution in [0.5, 0.6) is 11.6 Å². The molecule has 0 N–H and O–H groups in total. The van der Waals surface area contributed by atoms with E-state index >= 15 is 0 Å². The van der Waals surface area contributed by atoms with E-state index in [2.05, 4.69) is 14.5 Å². The van der Waals surface area contributed by atoms with E-state index in [1.165, 1.54) is 32.4 Å². The highest BCUT2D eigenvalue weighted by atomic mass is 19.4. The average Bonchev–Trinajstić information content (AvgIpc) is 2.53.